The normalized spacial score (nSPS) is 23.4. The minimum absolute atomic E-state index is 0.0512. The molecular weight excluding hydrogens is 513 g/mol. The summed E-state index contributed by atoms with van der Waals surface area (Å²) in [5.41, 5.74) is 3.16. The molecule has 1 spiro atoms. The molecule has 6 rings (SSSR count). The number of piperidine rings is 1. The second-order valence-electron chi connectivity index (χ2n) is 11.3. The molecule has 10 heteroatoms. The van der Waals surface area contributed by atoms with Gasteiger partial charge in [0, 0.05) is 32.4 Å². The van der Waals surface area contributed by atoms with E-state index >= 15 is 0 Å². The molecule has 0 aromatic heterocycles. The summed E-state index contributed by atoms with van der Waals surface area (Å²) in [6.45, 7) is 2.89. The third kappa shape index (κ3) is 5.73. The number of hydrogen-bond acceptors (Lipinski definition) is 6. The van der Waals surface area contributed by atoms with E-state index in [2.05, 4.69) is 9.64 Å². The van der Waals surface area contributed by atoms with E-state index in [9.17, 15) is 23.1 Å². The molecule has 0 radical (unpaired) electrons. The second kappa shape index (κ2) is 9.98. The molecule has 2 saturated heterocycles. The zero-order chi connectivity index (χ0) is 27.4. The Kier molecular flexibility index (Phi) is 6.76. The number of hydrogen-bond donors (Lipinski definition) is 1. The highest BCUT2D eigenvalue weighted by molar-refractivity contribution is 5.88. The average molecular weight is 547 g/mol. The molecule has 210 valence electrons. The maximum absolute atomic E-state index is 13.2. The summed E-state index contributed by atoms with van der Waals surface area (Å²) in [6.07, 6.45) is -0.0563. The van der Waals surface area contributed by atoms with Gasteiger partial charge < -0.3 is 24.2 Å². The van der Waals surface area contributed by atoms with Crippen molar-refractivity contribution >= 4 is 11.7 Å². The SMILES string of the molecule is COC1OC2(CCN(Cc3cc(C4CC4)c(OC(F)(F)F)c(C4CC4)c3)CC2)CN1c1ccc(C(=O)O)cc1. The Morgan fingerprint density at radius 1 is 1.05 bits per heavy atom. The van der Waals surface area contributed by atoms with Crippen molar-refractivity contribution in [1.82, 2.24) is 4.90 Å². The molecule has 0 amide bonds. The molecule has 1 atom stereocenters. The van der Waals surface area contributed by atoms with Gasteiger partial charge >= 0.3 is 12.3 Å². The van der Waals surface area contributed by atoms with E-state index in [-0.39, 0.29) is 28.7 Å². The smallest absolute Gasteiger partial charge is 0.478 e. The van der Waals surface area contributed by atoms with Gasteiger partial charge in [-0.05, 0) is 91.3 Å². The first-order chi connectivity index (χ1) is 18.6. The Bertz CT molecular complexity index is 1190. The summed E-state index contributed by atoms with van der Waals surface area (Å²) in [5.74, 6) is -0.617. The summed E-state index contributed by atoms with van der Waals surface area (Å²) < 4.78 is 56.3. The van der Waals surface area contributed by atoms with Gasteiger partial charge in [-0.2, -0.15) is 0 Å². The Morgan fingerprint density at radius 2 is 1.64 bits per heavy atom. The van der Waals surface area contributed by atoms with Crippen molar-refractivity contribution < 1.29 is 37.3 Å². The van der Waals surface area contributed by atoms with Gasteiger partial charge in [0.1, 0.15) is 5.75 Å². The van der Waals surface area contributed by atoms with Crippen molar-refractivity contribution in [3.05, 3.63) is 58.7 Å². The van der Waals surface area contributed by atoms with Gasteiger partial charge in [0.05, 0.1) is 17.7 Å². The van der Waals surface area contributed by atoms with Crippen LogP contribution in [-0.2, 0) is 16.0 Å². The van der Waals surface area contributed by atoms with E-state index in [0.29, 0.717) is 24.2 Å². The number of ether oxygens (including phenoxy) is 3. The van der Waals surface area contributed by atoms with Gasteiger partial charge in [0.15, 0.2) is 0 Å². The van der Waals surface area contributed by atoms with Crippen LogP contribution in [0.5, 0.6) is 5.75 Å². The molecule has 0 bridgehead atoms. The lowest BCUT2D eigenvalue weighted by molar-refractivity contribution is -0.275. The van der Waals surface area contributed by atoms with E-state index in [0.717, 1.165) is 62.9 Å². The maximum Gasteiger partial charge on any atom is 0.573 e. The first-order valence-corrected chi connectivity index (χ1v) is 13.6. The Morgan fingerprint density at radius 3 is 2.13 bits per heavy atom. The van der Waals surface area contributed by atoms with E-state index in [1.807, 2.05) is 17.0 Å². The molecule has 7 nitrogen and oxygen atoms in total. The third-order valence-electron chi connectivity index (χ3n) is 8.34. The topological polar surface area (TPSA) is 71.5 Å². The van der Waals surface area contributed by atoms with Crippen LogP contribution in [0.2, 0.25) is 0 Å². The molecule has 2 aliphatic heterocycles. The molecule has 2 heterocycles. The fourth-order valence-corrected chi connectivity index (χ4v) is 6.00. The molecule has 2 aromatic rings. The summed E-state index contributed by atoms with van der Waals surface area (Å²) in [6, 6.07) is 10.6. The molecule has 1 unspecified atom stereocenters. The monoisotopic (exact) mass is 546 g/mol. The van der Waals surface area contributed by atoms with Crippen molar-refractivity contribution in [1.29, 1.82) is 0 Å². The highest BCUT2D eigenvalue weighted by atomic mass is 19.4. The molecule has 2 aromatic carbocycles. The number of rotatable bonds is 8. The Balaban J connectivity index is 1.15. The standard InChI is InChI=1S/C29H33F3N2O5/c1-37-27-34(22-8-6-21(7-9-22)26(35)36)17-28(39-27)10-12-33(13-11-28)16-18-14-23(19-2-3-19)25(38-29(30,31)32)24(15-18)20-4-5-20/h6-9,14-15,19-20,27H,2-5,10-13,16-17H2,1H3,(H,35,36). The Labute approximate surface area is 225 Å². The quantitative estimate of drug-likeness (QED) is 0.446. The van der Waals surface area contributed by atoms with E-state index < -0.39 is 18.7 Å². The number of benzene rings is 2. The highest BCUT2D eigenvalue weighted by Crippen LogP contribution is 2.52. The molecule has 4 aliphatic rings. The molecule has 2 saturated carbocycles. The maximum atomic E-state index is 13.2. The zero-order valence-electron chi connectivity index (χ0n) is 21.9. The number of nitrogens with zero attached hydrogens (tertiary/aromatic N) is 2. The van der Waals surface area contributed by atoms with Crippen LogP contribution in [0.1, 0.15) is 77.4 Å². The van der Waals surface area contributed by atoms with Crippen LogP contribution in [-0.4, -0.2) is 61.1 Å². The minimum atomic E-state index is -4.69. The predicted octanol–water partition coefficient (Wildman–Crippen LogP) is 5.84. The van der Waals surface area contributed by atoms with E-state index in [1.165, 1.54) is 0 Å². The second-order valence-corrected chi connectivity index (χ2v) is 11.3. The van der Waals surface area contributed by atoms with Gasteiger partial charge in [-0.15, -0.1) is 13.2 Å². The number of carboxylic acid groups (broad SMARTS) is 1. The van der Waals surface area contributed by atoms with Crippen molar-refractivity contribution in [3.63, 3.8) is 0 Å². The lowest BCUT2D eigenvalue weighted by Crippen LogP contribution is -2.46. The lowest BCUT2D eigenvalue weighted by atomic mass is 9.90. The van der Waals surface area contributed by atoms with Crippen LogP contribution in [0.25, 0.3) is 0 Å². The van der Waals surface area contributed by atoms with Gasteiger partial charge in [-0.1, -0.05) is 12.1 Å². The van der Waals surface area contributed by atoms with Gasteiger partial charge in [0.2, 0.25) is 6.41 Å². The van der Waals surface area contributed by atoms with Crippen LogP contribution in [0.15, 0.2) is 36.4 Å². The van der Waals surface area contributed by atoms with E-state index in [1.54, 1.807) is 31.4 Å². The Hall–Kier alpha value is -2.82. The first kappa shape index (κ1) is 26.4. The number of likely N-dealkylation sites (tertiary alicyclic amines) is 1. The number of carbonyl (C=O) groups is 1. The van der Waals surface area contributed by atoms with Gasteiger partial charge in [0.25, 0.3) is 0 Å². The fourth-order valence-electron chi connectivity index (χ4n) is 6.00. The molecule has 2 aliphatic carbocycles. The first-order valence-electron chi connectivity index (χ1n) is 13.6. The number of aromatic carboxylic acids is 1. The van der Waals surface area contributed by atoms with Gasteiger partial charge in [-0.3, -0.25) is 4.90 Å². The molecule has 39 heavy (non-hydrogen) atoms. The van der Waals surface area contributed by atoms with Crippen molar-refractivity contribution in [2.45, 2.75) is 75.3 Å². The van der Waals surface area contributed by atoms with Crippen LogP contribution in [0.3, 0.4) is 0 Å². The van der Waals surface area contributed by atoms with Crippen LogP contribution >= 0.6 is 0 Å². The summed E-state index contributed by atoms with van der Waals surface area (Å²) >= 11 is 0. The van der Waals surface area contributed by atoms with Crippen molar-refractivity contribution in [2.75, 3.05) is 31.6 Å². The van der Waals surface area contributed by atoms with Crippen molar-refractivity contribution in [2.24, 2.45) is 0 Å². The minimum Gasteiger partial charge on any atom is -0.478 e. The lowest BCUT2D eigenvalue weighted by Gasteiger charge is -2.38. The summed E-state index contributed by atoms with van der Waals surface area (Å²) in [4.78, 5) is 15.6. The molecule has 1 N–H and O–H groups in total. The van der Waals surface area contributed by atoms with Crippen LogP contribution < -0.4 is 9.64 Å². The van der Waals surface area contributed by atoms with Crippen molar-refractivity contribution in [3.8, 4) is 5.75 Å². The largest absolute Gasteiger partial charge is 0.573 e. The van der Waals surface area contributed by atoms with E-state index in [4.69, 9.17) is 9.47 Å². The summed E-state index contributed by atoms with van der Waals surface area (Å²) in [5, 5.41) is 9.20. The number of carboxylic acids is 1. The number of methoxy groups -OCH3 is 1. The highest BCUT2D eigenvalue weighted by Gasteiger charge is 2.47. The zero-order valence-corrected chi connectivity index (χ0v) is 21.9. The predicted molar refractivity (Wildman–Crippen MR) is 137 cm³/mol. The number of anilines is 1. The third-order valence-corrected chi connectivity index (χ3v) is 8.34. The molecular formula is C29H33F3N2O5. The van der Waals surface area contributed by atoms with Gasteiger partial charge in [-0.25, -0.2) is 4.79 Å². The van der Waals surface area contributed by atoms with Crippen LogP contribution in [0, 0.1) is 0 Å². The molecule has 4 fully saturated rings. The number of halogens is 3. The average Bonchev–Trinajstić information content (AvgIpc) is 3.83. The summed E-state index contributed by atoms with van der Waals surface area (Å²) in [7, 11) is 1.60. The number of alkyl halides is 3. The fraction of sp³-hybridized carbons (Fsp3) is 0.552. The van der Waals surface area contributed by atoms with Crippen LogP contribution in [0.4, 0.5) is 18.9 Å².